The maximum absolute atomic E-state index is 10.7. The molecule has 1 aliphatic carbocycles. The van der Waals surface area contributed by atoms with Gasteiger partial charge in [-0.15, -0.1) is 0 Å². The van der Waals surface area contributed by atoms with E-state index in [1.54, 1.807) is 15.6 Å². The van der Waals surface area contributed by atoms with Gasteiger partial charge in [0.05, 0.1) is 29.6 Å². The molecule has 0 saturated heterocycles. The molecule has 0 bridgehead atoms. The maximum Gasteiger partial charge on any atom is 0.161 e. The van der Waals surface area contributed by atoms with E-state index in [9.17, 15) is 5.11 Å². The molecule has 0 unspecified atom stereocenters. The lowest BCUT2D eigenvalue weighted by atomic mass is 9.88. The summed E-state index contributed by atoms with van der Waals surface area (Å²) in [7, 11) is 3.77. The van der Waals surface area contributed by atoms with Crippen LogP contribution in [-0.4, -0.2) is 52.8 Å². The molecule has 3 aromatic heterocycles. The van der Waals surface area contributed by atoms with Gasteiger partial charge in [0.15, 0.2) is 5.82 Å². The van der Waals surface area contributed by atoms with Crippen molar-refractivity contribution in [2.75, 3.05) is 5.32 Å². The van der Waals surface area contributed by atoms with Gasteiger partial charge < -0.3 is 16.2 Å². The fraction of sp³-hybridized carbons (Fsp3) is 0.333. The number of anilines is 1. The Hall–Kier alpha value is -3.56. The molecule has 4 aromatic rings. The minimum atomic E-state index is -0.636. The van der Waals surface area contributed by atoms with Gasteiger partial charge in [0, 0.05) is 49.9 Å². The molecule has 3 atom stereocenters. The highest BCUT2D eigenvalue weighted by Gasteiger charge is 2.30. The molecular weight excluding hydrogens is 416 g/mol. The number of hydrogen-bond acceptors (Lipinski definition) is 7. The van der Waals surface area contributed by atoms with Gasteiger partial charge in [-0.3, -0.25) is 9.36 Å². The molecule has 0 spiro atoms. The molecule has 9 nitrogen and oxygen atoms in total. The molecule has 3 heterocycles. The molecule has 0 amide bonds. The SMILES string of the molecule is Cn1cc(-c2cccc(-c3ncc(-c4ccn(C)n4)c(N[C@@H]4CCC[C@@H](N)[C@@H]4O)n3)c2)cn1. The van der Waals surface area contributed by atoms with E-state index in [2.05, 4.69) is 26.6 Å². The van der Waals surface area contributed by atoms with Crippen molar-refractivity contribution < 1.29 is 5.11 Å². The summed E-state index contributed by atoms with van der Waals surface area (Å²) >= 11 is 0. The number of aryl methyl sites for hydroxylation is 2. The highest BCUT2D eigenvalue weighted by atomic mass is 16.3. The lowest BCUT2D eigenvalue weighted by Gasteiger charge is -2.33. The molecule has 4 N–H and O–H groups in total. The monoisotopic (exact) mass is 444 g/mol. The van der Waals surface area contributed by atoms with Crippen LogP contribution in [0, 0.1) is 0 Å². The van der Waals surface area contributed by atoms with Gasteiger partial charge >= 0.3 is 0 Å². The van der Waals surface area contributed by atoms with Crippen LogP contribution in [-0.2, 0) is 14.1 Å². The first-order chi connectivity index (χ1) is 16.0. The minimum absolute atomic E-state index is 0.180. The van der Waals surface area contributed by atoms with E-state index in [4.69, 9.17) is 10.7 Å². The van der Waals surface area contributed by atoms with E-state index in [-0.39, 0.29) is 12.1 Å². The van der Waals surface area contributed by atoms with Crippen LogP contribution in [0.25, 0.3) is 33.8 Å². The number of aromatic nitrogens is 6. The molecule has 9 heteroatoms. The van der Waals surface area contributed by atoms with Gasteiger partial charge in [-0.1, -0.05) is 18.2 Å². The third-order valence-electron chi connectivity index (χ3n) is 6.16. The quantitative estimate of drug-likeness (QED) is 0.433. The van der Waals surface area contributed by atoms with Crippen LogP contribution < -0.4 is 11.1 Å². The van der Waals surface area contributed by atoms with E-state index in [1.807, 2.05) is 57.0 Å². The van der Waals surface area contributed by atoms with E-state index < -0.39 is 6.10 Å². The summed E-state index contributed by atoms with van der Waals surface area (Å²) in [5.74, 6) is 1.24. The van der Waals surface area contributed by atoms with Gasteiger partial charge in [-0.2, -0.15) is 10.2 Å². The Morgan fingerprint density at radius 2 is 1.91 bits per heavy atom. The summed E-state index contributed by atoms with van der Waals surface area (Å²) < 4.78 is 3.53. The van der Waals surface area contributed by atoms with Crippen molar-refractivity contribution in [2.45, 2.75) is 37.5 Å². The van der Waals surface area contributed by atoms with E-state index in [0.717, 1.165) is 47.2 Å². The Bertz CT molecular complexity index is 1260. The number of nitrogens with zero attached hydrogens (tertiary/aromatic N) is 6. The number of aliphatic hydroxyl groups is 1. The normalized spacial score (nSPS) is 20.7. The van der Waals surface area contributed by atoms with Crippen molar-refractivity contribution in [3.05, 3.63) is 55.1 Å². The van der Waals surface area contributed by atoms with Crippen molar-refractivity contribution in [1.82, 2.24) is 29.5 Å². The lowest BCUT2D eigenvalue weighted by molar-refractivity contribution is 0.0952. The Morgan fingerprint density at radius 3 is 2.67 bits per heavy atom. The molecule has 170 valence electrons. The standard InChI is InChI=1S/C24H28N8O/c1-31-10-9-20(30-31)18-13-26-23(29-24(18)28-21-8-4-7-19(25)22(21)33)16-6-3-5-15(11-16)17-12-27-32(2)14-17/h3,5-6,9-14,19,21-22,33H,4,7-8,25H2,1-2H3,(H,26,28,29)/t19-,21-,22+/m1/s1. The first-order valence-corrected chi connectivity index (χ1v) is 11.1. The zero-order valence-corrected chi connectivity index (χ0v) is 18.8. The molecule has 1 saturated carbocycles. The molecule has 1 aliphatic rings. The molecule has 0 aliphatic heterocycles. The number of benzene rings is 1. The van der Waals surface area contributed by atoms with Gasteiger partial charge in [-0.05, 0) is 37.0 Å². The number of aliphatic hydroxyl groups excluding tert-OH is 1. The van der Waals surface area contributed by atoms with Gasteiger partial charge in [0.2, 0.25) is 0 Å². The summed E-state index contributed by atoms with van der Waals surface area (Å²) in [5, 5.41) is 22.9. The predicted octanol–water partition coefficient (Wildman–Crippen LogP) is 2.60. The summed E-state index contributed by atoms with van der Waals surface area (Å²) in [5.41, 5.74) is 10.6. The molecule has 5 rings (SSSR count). The highest BCUT2D eigenvalue weighted by Crippen LogP contribution is 2.31. The fourth-order valence-electron chi connectivity index (χ4n) is 4.33. The second-order valence-electron chi connectivity index (χ2n) is 8.65. The molecule has 0 radical (unpaired) electrons. The van der Waals surface area contributed by atoms with Gasteiger partial charge in [0.25, 0.3) is 0 Å². The van der Waals surface area contributed by atoms with Crippen LogP contribution in [0.1, 0.15) is 19.3 Å². The van der Waals surface area contributed by atoms with Crippen molar-refractivity contribution in [3.8, 4) is 33.8 Å². The first-order valence-electron chi connectivity index (χ1n) is 11.1. The average Bonchev–Trinajstić information content (AvgIpc) is 3.45. The average molecular weight is 445 g/mol. The Balaban J connectivity index is 1.54. The zero-order valence-electron chi connectivity index (χ0n) is 18.8. The summed E-state index contributed by atoms with van der Waals surface area (Å²) in [4.78, 5) is 9.53. The predicted molar refractivity (Wildman–Crippen MR) is 127 cm³/mol. The topological polar surface area (TPSA) is 120 Å². The smallest absolute Gasteiger partial charge is 0.161 e. The Morgan fingerprint density at radius 1 is 1.06 bits per heavy atom. The molecule has 1 aromatic carbocycles. The van der Waals surface area contributed by atoms with Crippen LogP contribution in [0.5, 0.6) is 0 Å². The Kier molecular flexibility index (Phi) is 5.65. The third kappa shape index (κ3) is 4.37. The fourth-order valence-corrected chi connectivity index (χ4v) is 4.33. The Labute approximate surface area is 192 Å². The second-order valence-corrected chi connectivity index (χ2v) is 8.65. The number of rotatable bonds is 5. The summed E-state index contributed by atoms with van der Waals surface area (Å²) in [6, 6.07) is 9.59. The van der Waals surface area contributed by atoms with Crippen LogP contribution in [0.15, 0.2) is 55.1 Å². The molecule has 1 fully saturated rings. The number of nitrogens with one attached hydrogen (secondary N) is 1. The lowest BCUT2D eigenvalue weighted by Crippen LogP contribution is -2.49. The second kappa shape index (κ2) is 8.76. The summed E-state index contributed by atoms with van der Waals surface area (Å²) in [6.07, 6.45) is 9.46. The number of hydrogen-bond donors (Lipinski definition) is 3. The van der Waals surface area contributed by atoms with Crippen molar-refractivity contribution in [1.29, 1.82) is 0 Å². The maximum atomic E-state index is 10.7. The van der Waals surface area contributed by atoms with E-state index in [0.29, 0.717) is 11.6 Å². The molecular formula is C24H28N8O. The largest absolute Gasteiger partial charge is 0.389 e. The van der Waals surface area contributed by atoms with Crippen LogP contribution in [0.3, 0.4) is 0 Å². The van der Waals surface area contributed by atoms with Crippen molar-refractivity contribution in [3.63, 3.8) is 0 Å². The third-order valence-corrected chi connectivity index (χ3v) is 6.16. The highest BCUT2D eigenvalue weighted by molar-refractivity contribution is 5.75. The van der Waals surface area contributed by atoms with Crippen LogP contribution >= 0.6 is 0 Å². The summed E-state index contributed by atoms with van der Waals surface area (Å²) in [6.45, 7) is 0. The molecule has 33 heavy (non-hydrogen) atoms. The first kappa shape index (κ1) is 21.3. The number of nitrogens with two attached hydrogens (primary N) is 1. The van der Waals surface area contributed by atoms with Crippen molar-refractivity contribution in [2.24, 2.45) is 19.8 Å². The van der Waals surface area contributed by atoms with Crippen molar-refractivity contribution >= 4 is 5.82 Å². The van der Waals surface area contributed by atoms with Crippen LogP contribution in [0.2, 0.25) is 0 Å². The van der Waals surface area contributed by atoms with Gasteiger partial charge in [0.1, 0.15) is 5.82 Å². The van der Waals surface area contributed by atoms with Crippen LogP contribution in [0.4, 0.5) is 5.82 Å². The van der Waals surface area contributed by atoms with E-state index in [1.165, 1.54) is 0 Å². The zero-order chi connectivity index (χ0) is 22.9. The minimum Gasteiger partial charge on any atom is -0.389 e. The van der Waals surface area contributed by atoms with Gasteiger partial charge in [-0.25, -0.2) is 9.97 Å². The van der Waals surface area contributed by atoms with E-state index >= 15 is 0 Å².